The molecule has 1 amide bonds. The second-order valence-electron chi connectivity index (χ2n) is 4.86. The Morgan fingerprint density at radius 2 is 2.23 bits per heavy atom. The van der Waals surface area contributed by atoms with Crippen molar-refractivity contribution in [2.75, 3.05) is 7.11 Å². The molecular weight excluding hydrogens is 282 g/mol. The first-order chi connectivity index (χ1) is 10.7. The van der Waals surface area contributed by atoms with Crippen LogP contribution in [0, 0.1) is 0 Å². The Bertz CT molecular complexity index is 826. The summed E-state index contributed by atoms with van der Waals surface area (Å²) in [7, 11) is 1.63. The average Bonchev–Trinajstić information content (AvgIpc) is 2.96. The highest BCUT2D eigenvalue weighted by Crippen LogP contribution is 2.19. The van der Waals surface area contributed by atoms with Crippen molar-refractivity contribution < 1.29 is 14.7 Å². The van der Waals surface area contributed by atoms with Crippen LogP contribution in [0.25, 0.3) is 11.0 Å². The van der Waals surface area contributed by atoms with Crippen molar-refractivity contribution in [1.82, 2.24) is 15.0 Å². The third-order valence-electron chi connectivity index (χ3n) is 3.47. The van der Waals surface area contributed by atoms with Crippen LogP contribution in [0.15, 0.2) is 48.8 Å². The fourth-order valence-corrected chi connectivity index (χ4v) is 2.36. The topological polar surface area (TPSA) is 76.4 Å². The molecule has 0 atom stereocenters. The predicted octanol–water partition coefficient (Wildman–Crippen LogP) is 2.21. The van der Waals surface area contributed by atoms with E-state index in [2.05, 4.69) is 4.98 Å². The number of ether oxygens (including phenoxy) is 1. The van der Waals surface area contributed by atoms with Crippen molar-refractivity contribution in [3.8, 4) is 5.75 Å². The van der Waals surface area contributed by atoms with Gasteiger partial charge < -0.3 is 9.30 Å². The van der Waals surface area contributed by atoms with Crippen LogP contribution in [-0.4, -0.2) is 27.8 Å². The molecule has 0 aliphatic carbocycles. The number of hydrogen-bond donors (Lipinski definition) is 2. The number of nitrogens with one attached hydrogen (secondary N) is 1. The number of carbonyl (C=O) groups is 1. The second-order valence-corrected chi connectivity index (χ2v) is 4.86. The van der Waals surface area contributed by atoms with E-state index >= 15 is 0 Å². The fraction of sp³-hybridized carbons (Fsp3) is 0.125. The maximum absolute atomic E-state index is 11.5. The molecule has 1 aromatic carbocycles. The lowest BCUT2D eigenvalue weighted by atomic mass is 10.2. The zero-order chi connectivity index (χ0) is 15.5. The van der Waals surface area contributed by atoms with Crippen LogP contribution < -0.4 is 10.2 Å². The van der Waals surface area contributed by atoms with Gasteiger partial charge in [-0.3, -0.25) is 15.0 Å². The molecule has 3 aromatic rings. The van der Waals surface area contributed by atoms with Gasteiger partial charge in [0.1, 0.15) is 5.75 Å². The summed E-state index contributed by atoms with van der Waals surface area (Å²) in [4.78, 5) is 15.7. The molecule has 0 fully saturated rings. The maximum Gasteiger partial charge on any atom is 0.276 e. The lowest BCUT2D eigenvalue weighted by Gasteiger charge is -2.08. The predicted molar refractivity (Wildman–Crippen MR) is 81.1 cm³/mol. The second kappa shape index (κ2) is 5.87. The first-order valence-corrected chi connectivity index (χ1v) is 6.73. The number of aromatic nitrogens is 2. The van der Waals surface area contributed by atoms with E-state index in [1.54, 1.807) is 18.7 Å². The highest BCUT2D eigenvalue weighted by Gasteiger charge is 2.09. The Morgan fingerprint density at radius 1 is 1.36 bits per heavy atom. The van der Waals surface area contributed by atoms with Crippen LogP contribution >= 0.6 is 0 Å². The largest absolute Gasteiger partial charge is 0.497 e. The molecule has 112 valence electrons. The average molecular weight is 297 g/mol. The van der Waals surface area contributed by atoms with Gasteiger partial charge in [-0.05, 0) is 29.8 Å². The smallest absolute Gasteiger partial charge is 0.276 e. The van der Waals surface area contributed by atoms with Crippen molar-refractivity contribution in [2.45, 2.75) is 6.54 Å². The van der Waals surface area contributed by atoms with Gasteiger partial charge in [-0.1, -0.05) is 12.1 Å². The van der Waals surface area contributed by atoms with E-state index in [-0.39, 0.29) is 0 Å². The Morgan fingerprint density at radius 3 is 3.00 bits per heavy atom. The number of nitrogens with zero attached hydrogens (tertiary/aromatic N) is 2. The Labute approximate surface area is 126 Å². The first-order valence-electron chi connectivity index (χ1n) is 6.73. The van der Waals surface area contributed by atoms with Crippen molar-refractivity contribution >= 4 is 16.9 Å². The molecule has 0 bridgehead atoms. The third-order valence-corrected chi connectivity index (χ3v) is 3.47. The van der Waals surface area contributed by atoms with Crippen molar-refractivity contribution in [2.24, 2.45) is 0 Å². The minimum Gasteiger partial charge on any atom is -0.497 e. The summed E-state index contributed by atoms with van der Waals surface area (Å²) in [5.74, 6) is 0.218. The molecule has 0 aliphatic rings. The van der Waals surface area contributed by atoms with Gasteiger partial charge in [-0.2, -0.15) is 0 Å². The van der Waals surface area contributed by atoms with Gasteiger partial charge in [-0.25, -0.2) is 5.48 Å². The first kappa shape index (κ1) is 14.1. The molecule has 2 aromatic heterocycles. The normalized spacial score (nSPS) is 10.6. The quantitative estimate of drug-likeness (QED) is 0.572. The molecule has 0 aliphatic heterocycles. The van der Waals surface area contributed by atoms with E-state index < -0.39 is 5.91 Å². The van der Waals surface area contributed by atoms with Crippen LogP contribution in [0.3, 0.4) is 0 Å². The number of fused-ring (bicyclic) bond motifs is 1. The third kappa shape index (κ3) is 2.64. The summed E-state index contributed by atoms with van der Waals surface area (Å²) in [6.45, 7) is 0.632. The zero-order valence-corrected chi connectivity index (χ0v) is 12.0. The van der Waals surface area contributed by atoms with Gasteiger partial charge >= 0.3 is 0 Å². The van der Waals surface area contributed by atoms with E-state index in [1.807, 2.05) is 41.1 Å². The number of pyridine rings is 1. The summed E-state index contributed by atoms with van der Waals surface area (Å²) < 4.78 is 7.22. The van der Waals surface area contributed by atoms with Gasteiger partial charge in [0.15, 0.2) is 0 Å². The summed E-state index contributed by atoms with van der Waals surface area (Å²) in [6, 6.07) is 11.4. The van der Waals surface area contributed by atoms with Gasteiger partial charge in [-0.15, -0.1) is 0 Å². The van der Waals surface area contributed by atoms with Crippen LogP contribution in [0.2, 0.25) is 0 Å². The standard InChI is InChI=1S/C16H15N3O3/c1-22-13-4-2-3-11(7-13)10-19-6-5-14-15(19)8-12(9-17-14)16(20)18-21/h2-9,21H,10H2,1H3,(H,18,20). The van der Waals surface area contributed by atoms with Crippen LogP contribution in [0.1, 0.15) is 15.9 Å². The van der Waals surface area contributed by atoms with E-state index in [1.165, 1.54) is 6.20 Å². The molecular formula is C16H15N3O3. The SMILES string of the molecule is COc1cccc(Cn2ccc3ncc(C(=O)NO)cc32)c1. The van der Waals surface area contributed by atoms with Gasteiger partial charge in [0.2, 0.25) is 0 Å². The van der Waals surface area contributed by atoms with Gasteiger partial charge in [0.05, 0.1) is 23.7 Å². The molecule has 2 heterocycles. The van der Waals surface area contributed by atoms with E-state index in [0.29, 0.717) is 12.1 Å². The molecule has 22 heavy (non-hydrogen) atoms. The van der Waals surface area contributed by atoms with Crippen LogP contribution in [-0.2, 0) is 6.54 Å². The van der Waals surface area contributed by atoms with E-state index in [4.69, 9.17) is 9.94 Å². The van der Waals surface area contributed by atoms with Crippen molar-refractivity contribution in [1.29, 1.82) is 0 Å². The number of benzene rings is 1. The van der Waals surface area contributed by atoms with Crippen LogP contribution in [0.5, 0.6) is 5.75 Å². The lowest BCUT2D eigenvalue weighted by molar-refractivity contribution is 0.0706. The fourth-order valence-electron chi connectivity index (χ4n) is 2.36. The molecule has 0 spiro atoms. The Hall–Kier alpha value is -2.86. The molecule has 3 rings (SSSR count). The maximum atomic E-state index is 11.5. The highest BCUT2D eigenvalue weighted by molar-refractivity contribution is 5.96. The summed E-state index contributed by atoms with van der Waals surface area (Å²) in [5, 5.41) is 8.73. The van der Waals surface area contributed by atoms with Crippen molar-refractivity contribution in [3.63, 3.8) is 0 Å². The molecule has 6 nitrogen and oxygen atoms in total. The summed E-state index contributed by atoms with van der Waals surface area (Å²) >= 11 is 0. The van der Waals surface area contributed by atoms with Crippen molar-refractivity contribution in [3.05, 3.63) is 59.9 Å². The monoisotopic (exact) mass is 297 g/mol. The number of amides is 1. The molecule has 0 saturated carbocycles. The number of rotatable bonds is 4. The lowest BCUT2D eigenvalue weighted by Crippen LogP contribution is -2.18. The summed E-state index contributed by atoms with van der Waals surface area (Å²) in [5.41, 5.74) is 4.61. The minimum absolute atomic E-state index is 0.306. The van der Waals surface area contributed by atoms with Gasteiger partial charge in [0.25, 0.3) is 5.91 Å². The molecule has 0 unspecified atom stereocenters. The molecule has 6 heteroatoms. The Kier molecular flexibility index (Phi) is 3.76. The van der Waals surface area contributed by atoms with Crippen LogP contribution in [0.4, 0.5) is 0 Å². The number of hydroxylamine groups is 1. The Balaban J connectivity index is 1.97. The number of methoxy groups -OCH3 is 1. The molecule has 0 saturated heterocycles. The number of hydrogen-bond acceptors (Lipinski definition) is 4. The van der Waals surface area contributed by atoms with E-state index in [0.717, 1.165) is 22.3 Å². The zero-order valence-electron chi connectivity index (χ0n) is 12.0. The van der Waals surface area contributed by atoms with Gasteiger partial charge in [0, 0.05) is 18.9 Å². The summed E-state index contributed by atoms with van der Waals surface area (Å²) in [6.07, 6.45) is 3.35. The molecule has 2 N–H and O–H groups in total. The minimum atomic E-state index is -0.580. The number of carbonyl (C=O) groups excluding carboxylic acids is 1. The highest BCUT2D eigenvalue weighted by atomic mass is 16.5. The molecule has 0 radical (unpaired) electrons. The van der Waals surface area contributed by atoms with E-state index in [9.17, 15) is 4.79 Å².